The topological polar surface area (TPSA) is 66.8 Å². The van der Waals surface area contributed by atoms with Gasteiger partial charge in [-0.2, -0.15) is 4.31 Å². The Labute approximate surface area is 121 Å². The largest absolute Gasteiger partial charge is 0.392 e. The first kappa shape index (κ1) is 14.9. The molecule has 7 heteroatoms. The van der Waals surface area contributed by atoms with E-state index in [4.69, 9.17) is 9.84 Å². The lowest BCUT2D eigenvalue weighted by atomic mass is 10.2. The molecule has 0 aliphatic carbocycles. The molecule has 1 aliphatic rings. The summed E-state index contributed by atoms with van der Waals surface area (Å²) in [6.45, 7) is 0.641. The summed E-state index contributed by atoms with van der Waals surface area (Å²) in [6, 6.07) is 4.83. The molecule has 1 saturated heterocycles. The van der Waals surface area contributed by atoms with Gasteiger partial charge >= 0.3 is 0 Å². The van der Waals surface area contributed by atoms with E-state index in [0.717, 1.165) is 0 Å². The highest BCUT2D eigenvalue weighted by Gasteiger charge is 2.33. The van der Waals surface area contributed by atoms with Gasteiger partial charge in [0.1, 0.15) is 0 Å². The molecule has 0 bridgehead atoms. The van der Waals surface area contributed by atoms with Crippen LogP contribution >= 0.6 is 15.9 Å². The SMILES string of the molecule is COC1CCN(S(=O)(=O)c2cc(CO)ccc2Br)C1. The van der Waals surface area contributed by atoms with Crippen LogP contribution in [-0.2, 0) is 21.4 Å². The predicted octanol–water partition coefficient (Wildman–Crippen LogP) is 1.35. The fourth-order valence-electron chi connectivity index (χ4n) is 2.09. The Morgan fingerprint density at radius 2 is 2.26 bits per heavy atom. The normalized spacial score (nSPS) is 20.9. The van der Waals surface area contributed by atoms with Crippen LogP contribution in [0.1, 0.15) is 12.0 Å². The highest BCUT2D eigenvalue weighted by molar-refractivity contribution is 9.10. The molecule has 5 nitrogen and oxygen atoms in total. The molecule has 1 fully saturated rings. The molecule has 106 valence electrons. The zero-order valence-electron chi connectivity index (χ0n) is 10.5. The molecule has 1 heterocycles. The molecule has 1 aromatic rings. The molecule has 1 aromatic carbocycles. The number of sulfonamides is 1. The average molecular weight is 350 g/mol. The lowest BCUT2D eigenvalue weighted by Crippen LogP contribution is -2.30. The molecular formula is C12H16BrNO4S. The lowest BCUT2D eigenvalue weighted by Gasteiger charge is -2.17. The Hall–Kier alpha value is -0.470. The number of methoxy groups -OCH3 is 1. The van der Waals surface area contributed by atoms with E-state index in [1.807, 2.05) is 0 Å². The number of benzene rings is 1. The van der Waals surface area contributed by atoms with E-state index in [1.54, 1.807) is 19.2 Å². The highest BCUT2D eigenvalue weighted by atomic mass is 79.9. The molecule has 1 unspecified atom stereocenters. The number of halogens is 1. The van der Waals surface area contributed by atoms with Crippen LogP contribution in [0.4, 0.5) is 0 Å². The summed E-state index contributed by atoms with van der Waals surface area (Å²) >= 11 is 3.26. The molecule has 0 spiro atoms. The van der Waals surface area contributed by atoms with Gasteiger partial charge < -0.3 is 9.84 Å². The molecule has 2 rings (SSSR count). The fourth-order valence-corrected chi connectivity index (χ4v) is 4.55. The average Bonchev–Trinajstić information content (AvgIpc) is 2.88. The van der Waals surface area contributed by atoms with Gasteiger partial charge in [-0.05, 0) is 40.0 Å². The van der Waals surface area contributed by atoms with Crippen LogP contribution in [0, 0.1) is 0 Å². The molecular weight excluding hydrogens is 334 g/mol. The second-order valence-corrected chi connectivity index (χ2v) is 7.19. The minimum atomic E-state index is -3.55. The summed E-state index contributed by atoms with van der Waals surface area (Å²) in [6.07, 6.45) is 0.655. The molecule has 0 radical (unpaired) electrons. The predicted molar refractivity (Wildman–Crippen MR) is 74.2 cm³/mol. The Bertz CT molecular complexity index is 561. The van der Waals surface area contributed by atoms with Gasteiger partial charge in [0, 0.05) is 24.7 Å². The van der Waals surface area contributed by atoms with Crippen molar-refractivity contribution in [2.24, 2.45) is 0 Å². The van der Waals surface area contributed by atoms with Crippen molar-refractivity contribution in [2.75, 3.05) is 20.2 Å². The minimum Gasteiger partial charge on any atom is -0.392 e. The summed E-state index contributed by atoms with van der Waals surface area (Å²) < 4.78 is 32.2. The van der Waals surface area contributed by atoms with Gasteiger partial charge in [-0.1, -0.05) is 6.07 Å². The quantitative estimate of drug-likeness (QED) is 0.890. The maximum Gasteiger partial charge on any atom is 0.244 e. The van der Waals surface area contributed by atoms with Crippen molar-refractivity contribution in [3.63, 3.8) is 0 Å². The molecule has 0 amide bonds. The van der Waals surface area contributed by atoms with Gasteiger partial charge in [0.2, 0.25) is 10.0 Å². The Morgan fingerprint density at radius 3 is 2.84 bits per heavy atom. The van der Waals surface area contributed by atoms with Crippen LogP contribution in [0.2, 0.25) is 0 Å². The number of aliphatic hydroxyl groups excluding tert-OH is 1. The van der Waals surface area contributed by atoms with E-state index in [1.165, 1.54) is 10.4 Å². The van der Waals surface area contributed by atoms with Crippen LogP contribution in [0.5, 0.6) is 0 Å². The second kappa shape index (κ2) is 5.88. The van der Waals surface area contributed by atoms with Crippen molar-refractivity contribution < 1.29 is 18.3 Å². The highest BCUT2D eigenvalue weighted by Crippen LogP contribution is 2.28. The van der Waals surface area contributed by atoms with Gasteiger partial charge in [-0.15, -0.1) is 0 Å². The zero-order chi connectivity index (χ0) is 14.0. The van der Waals surface area contributed by atoms with Crippen LogP contribution < -0.4 is 0 Å². The van der Waals surface area contributed by atoms with Crippen molar-refractivity contribution >= 4 is 26.0 Å². The van der Waals surface area contributed by atoms with E-state index in [2.05, 4.69) is 15.9 Å². The molecule has 0 saturated carbocycles. The molecule has 1 atom stereocenters. The zero-order valence-corrected chi connectivity index (χ0v) is 12.9. The first-order chi connectivity index (χ1) is 8.98. The molecule has 1 N–H and O–H groups in total. The molecule has 19 heavy (non-hydrogen) atoms. The van der Waals surface area contributed by atoms with E-state index in [-0.39, 0.29) is 17.6 Å². The number of aliphatic hydroxyl groups is 1. The number of hydrogen-bond donors (Lipinski definition) is 1. The first-order valence-electron chi connectivity index (χ1n) is 5.91. The molecule has 1 aliphatic heterocycles. The van der Waals surface area contributed by atoms with Crippen molar-refractivity contribution in [1.82, 2.24) is 4.31 Å². The van der Waals surface area contributed by atoms with Gasteiger partial charge in [0.15, 0.2) is 0 Å². The fraction of sp³-hybridized carbons (Fsp3) is 0.500. The van der Waals surface area contributed by atoms with E-state index in [9.17, 15) is 8.42 Å². The van der Waals surface area contributed by atoms with Gasteiger partial charge in [-0.3, -0.25) is 0 Å². The summed E-state index contributed by atoms with van der Waals surface area (Å²) in [7, 11) is -1.96. The lowest BCUT2D eigenvalue weighted by molar-refractivity contribution is 0.115. The van der Waals surface area contributed by atoms with Crippen molar-refractivity contribution in [3.05, 3.63) is 28.2 Å². The number of ether oxygens (including phenoxy) is 1. The number of nitrogens with zero attached hydrogens (tertiary/aromatic N) is 1. The molecule has 0 aromatic heterocycles. The summed E-state index contributed by atoms with van der Waals surface area (Å²) in [4.78, 5) is 0.191. The van der Waals surface area contributed by atoms with Crippen LogP contribution in [0.25, 0.3) is 0 Å². The van der Waals surface area contributed by atoms with Crippen molar-refractivity contribution in [2.45, 2.75) is 24.0 Å². The first-order valence-corrected chi connectivity index (χ1v) is 8.14. The smallest absolute Gasteiger partial charge is 0.244 e. The van der Waals surface area contributed by atoms with Crippen LogP contribution in [0.3, 0.4) is 0 Å². The van der Waals surface area contributed by atoms with Gasteiger partial charge in [-0.25, -0.2) is 8.42 Å². The van der Waals surface area contributed by atoms with Crippen LogP contribution in [-0.4, -0.2) is 44.1 Å². The van der Waals surface area contributed by atoms with E-state index >= 15 is 0 Å². The van der Waals surface area contributed by atoms with Gasteiger partial charge in [0.05, 0.1) is 17.6 Å². The standard InChI is InChI=1S/C12H16BrNO4S/c1-18-10-4-5-14(7-10)19(16,17)12-6-9(8-15)2-3-11(12)13/h2-3,6,10,15H,4-5,7-8H2,1H3. The van der Waals surface area contributed by atoms with Crippen molar-refractivity contribution in [3.8, 4) is 0 Å². The summed E-state index contributed by atoms with van der Waals surface area (Å²) in [5, 5.41) is 9.12. The summed E-state index contributed by atoms with van der Waals surface area (Å²) in [5.74, 6) is 0. The Balaban J connectivity index is 2.34. The second-order valence-electron chi connectivity index (χ2n) is 4.43. The third-order valence-electron chi connectivity index (χ3n) is 3.24. The van der Waals surface area contributed by atoms with Crippen molar-refractivity contribution in [1.29, 1.82) is 0 Å². The third-order valence-corrected chi connectivity index (χ3v) is 6.10. The maximum atomic E-state index is 12.5. The van der Waals surface area contributed by atoms with E-state index in [0.29, 0.717) is 29.5 Å². The summed E-state index contributed by atoms with van der Waals surface area (Å²) in [5.41, 5.74) is 0.573. The number of hydrogen-bond acceptors (Lipinski definition) is 4. The maximum absolute atomic E-state index is 12.5. The minimum absolute atomic E-state index is 0.0467. The van der Waals surface area contributed by atoms with E-state index < -0.39 is 10.0 Å². The Kier molecular flexibility index (Phi) is 4.62. The third kappa shape index (κ3) is 3.00. The number of rotatable bonds is 4. The van der Waals surface area contributed by atoms with Crippen LogP contribution in [0.15, 0.2) is 27.6 Å². The van der Waals surface area contributed by atoms with Gasteiger partial charge in [0.25, 0.3) is 0 Å². The monoisotopic (exact) mass is 349 g/mol. The Morgan fingerprint density at radius 1 is 1.53 bits per heavy atom.